The van der Waals surface area contributed by atoms with E-state index in [2.05, 4.69) is 11.1 Å². The SMILES string of the molecule is CC(O)CC(C)O.Cc1cc[c-]c(-c2ccc3ccc(F)cc3n2)c1.[Ir]. The minimum absolute atomic E-state index is 0. The molecule has 0 spiro atoms. The first-order valence-electron chi connectivity index (χ1n) is 8.26. The molecule has 0 bridgehead atoms. The molecule has 0 saturated carbocycles. The molecule has 2 atom stereocenters. The van der Waals surface area contributed by atoms with Crippen molar-refractivity contribution in [3.63, 3.8) is 0 Å². The fraction of sp³-hybridized carbons (Fsp3) is 0.286. The fourth-order valence-electron chi connectivity index (χ4n) is 2.46. The van der Waals surface area contributed by atoms with Crippen LogP contribution in [0.5, 0.6) is 0 Å². The maximum Gasteiger partial charge on any atom is 0.125 e. The smallest absolute Gasteiger partial charge is 0.125 e. The number of rotatable bonds is 3. The minimum Gasteiger partial charge on any atom is -0.393 e. The Morgan fingerprint density at radius 1 is 1.04 bits per heavy atom. The van der Waals surface area contributed by atoms with Crippen LogP contribution >= 0.6 is 0 Å². The quantitative estimate of drug-likeness (QED) is 0.495. The van der Waals surface area contributed by atoms with Crippen LogP contribution in [0.25, 0.3) is 22.2 Å². The molecule has 3 rings (SSSR count). The van der Waals surface area contributed by atoms with Crippen LogP contribution in [0.3, 0.4) is 0 Å². The van der Waals surface area contributed by atoms with Gasteiger partial charge >= 0.3 is 0 Å². The van der Waals surface area contributed by atoms with Crippen LogP contribution in [0.2, 0.25) is 0 Å². The summed E-state index contributed by atoms with van der Waals surface area (Å²) in [6.45, 7) is 5.34. The summed E-state index contributed by atoms with van der Waals surface area (Å²) in [5, 5.41) is 18.1. The number of aryl methyl sites for hydroxylation is 1. The van der Waals surface area contributed by atoms with Crippen LogP contribution < -0.4 is 0 Å². The average Bonchev–Trinajstić information content (AvgIpc) is 2.53. The molecule has 141 valence electrons. The molecular formula is C21H23FIrNO2-. The van der Waals surface area contributed by atoms with Gasteiger partial charge in [0.05, 0.1) is 17.7 Å². The third kappa shape index (κ3) is 6.93. The van der Waals surface area contributed by atoms with Crippen molar-refractivity contribution in [1.29, 1.82) is 0 Å². The second-order valence-electron chi connectivity index (χ2n) is 6.25. The Bertz CT molecular complexity index is 831. The van der Waals surface area contributed by atoms with Crippen LogP contribution in [-0.2, 0) is 20.1 Å². The molecule has 26 heavy (non-hydrogen) atoms. The summed E-state index contributed by atoms with van der Waals surface area (Å²) >= 11 is 0. The van der Waals surface area contributed by atoms with Gasteiger partial charge in [0.15, 0.2) is 0 Å². The topological polar surface area (TPSA) is 53.4 Å². The van der Waals surface area contributed by atoms with Crippen LogP contribution in [0.1, 0.15) is 25.8 Å². The van der Waals surface area contributed by atoms with Gasteiger partial charge in [0.2, 0.25) is 0 Å². The van der Waals surface area contributed by atoms with Crippen LogP contribution in [0, 0.1) is 18.8 Å². The number of fused-ring (bicyclic) bond motifs is 1. The summed E-state index contributed by atoms with van der Waals surface area (Å²) < 4.78 is 13.2. The Morgan fingerprint density at radius 3 is 2.27 bits per heavy atom. The van der Waals surface area contributed by atoms with E-state index in [1.54, 1.807) is 19.9 Å². The Kier molecular flexibility index (Phi) is 9.03. The van der Waals surface area contributed by atoms with Gasteiger partial charge in [0.1, 0.15) is 5.82 Å². The zero-order valence-corrected chi connectivity index (χ0v) is 17.4. The molecule has 2 aromatic carbocycles. The van der Waals surface area contributed by atoms with E-state index in [1.807, 2.05) is 37.3 Å². The molecule has 5 heteroatoms. The molecule has 0 saturated heterocycles. The Labute approximate surface area is 167 Å². The number of hydrogen-bond acceptors (Lipinski definition) is 3. The predicted octanol–water partition coefficient (Wildman–Crippen LogP) is 4.29. The van der Waals surface area contributed by atoms with Crippen molar-refractivity contribution in [2.24, 2.45) is 0 Å². The average molecular weight is 533 g/mol. The number of pyridine rings is 1. The summed E-state index contributed by atoms with van der Waals surface area (Å²) in [7, 11) is 0. The molecule has 1 radical (unpaired) electrons. The predicted molar refractivity (Wildman–Crippen MR) is 98.7 cm³/mol. The van der Waals surface area contributed by atoms with Crippen molar-refractivity contribution in [3.8, 4) is 11.3 Å². The molecule has 2 N–H and O–H groups in total. The molecule has 0 aliphatic rings. The molecule has 0 aliphatic heterocycles. The van der Waals surface area contributed by atoms with Crippen molar-refractivity contribution >= 4 is 10.9 Å². The zero-order chi connectivity index (χ0) is 18.4. The summed E-state index contributed by atoms with van der Waals surface area (Å²) in [4.78, 5) is 4.48. The molecular weight excluding hydrogens is 509 g/mol. The summed E-state index contributed by atoms with van der Waals surface area (Å²) in [5.41, 5.74) is 3.57. The maximum atomic E-state index is 13.2. The van der Waals surface area contributed by atoms with Gasteiger partial charge in [-0.3, -0.25) is 4.98 Å². The Balaban J connectivity index is 0.000000366. The maximum absolute atomic E-state index is 13.2. The largest absolute Gasteiger partial charge is 0.393 e. The van der Waals surface area contributed by atoms with Gasteiger partial charge in [-0.05, 0) is 49.5 Å². The van der Waals surface area contributed by atoms with E-state index in [-0.39, 0.29) is 38.1 Å². The van der Waals surface area contributed by atoms with Gasteiger partial charge < -0.3 is 10.2 Å². The molecule has 0 fully saturated rings. The van der Waals surface area contributed by atoms with Gasteiger partial charge in [0, 0.05) is 20.1 Å². The Hall–Kier alpha value is -1.65. The third-order valence-corrected chi connectivity index (χ3v) is 3.57. The zero-order valence-electron chi connectivity index (χ0n) is 15.0. The number of halogens is 1. The minimum atomic E-state index is -0.375. The van der Waals surface area contributed by atoms with Crippen molar-refractivity contribution in [2.45, 2.75) is 39.4 Å². The third-order valence-electron chi connectivity index (χ3n) is 3.57. The standard InChI is InChI=1S/C16H11FN.C5H12O2.Ir/c1-11-3-2-4-13(9-11)15-8-6-12-5-7-14(17)10-16(12)18-15;1-4(6)3-5(2)7;/h2-3,5-10H,1H3;4-7H,3H2,1-2H3;/q-1;;. The summed E-state index contributed by atoms with van der Waals surface area (Å²) in [5.74, 6) is -0.264. The van der Waals surface area contributed by atoms with Crippen LogP contribution in [0.15, 0.2) is 48.5 Å². The van der Waals surface area contributed by atoms with E-state index >= 15 is 0 Å². The monoisotopic (exact) mass is 533 g/mol. The molecule has 3 nitrogen and oxygen atoms in total. The first-order valence-corrected chi connectivity index (χ1v) is 8.26. The van der Waals surface area contributed by atoms with Gasteiger partial charge in [-0.25, -0.2) is 4.39 Å². The van der Waals surface area contributed by atoms with E-state index in [1.165, 1.54) is 12.1 Å². The summed E-state index contributed by atoms with van der Waals surface area (Å²) in [6, 6.07) is 17.6. The fourth-order valence-corrected chi connectivity index (χ4v) is 2.46. The van der Waals surface area contributed by atoms with E-state index in [9.17, 15) is 4.39 Å². The second-order valence-corrected chi connectivity index (χ2v) is 6.25. The number of benzene rings is 2. The van der Waals surface area contributed by atoms with Gasteiger partial charge in [-0.1, -0.05) is 19.1 Å². The van der Waals surface area contributed by atoms with Crippen molar-refractivity contribution in [3.05, 3.63) is 66.0 Å². The van der Waals surface area contributed by atoms with E-state index in [4.69, 9.17) is 10.2 Å². The van der Waals surface area contributed by atoms with E-state index < -0.39 is 0 Å². The first-order chi connectivity index (χ1) is 11.8. The van der Waals surface area contributed by atoms with Gasteiger partial charge in [-0.2, -0.15) is 0 Å². The van der Waals surface area contributed by atoms with Gasteiger partial charge in [-0.15, -0.1) is 35.4 Å². The molecule has 3 aromatic rings. The Morgan fingerprint density at radius 2 is 1.69 bits per heavy atom. The molecule has 0 amide bonds. The van der Waals surface area contributed by atoms with Crippen LogP contribution in [0.4, 0.5) is 4.39 Å². The number of aliphatic hydroxyl groups is 2. The first kappa shape index (κ1) is 22.4. The molecule has 0 aliphatic carbocycles. The summed E-state index contributed by atoms with van der Waals surface area (Å²) in [6.07, 6.45) is -0.278. The second kappa shape index (κ2) is 10.5. The molecule has 2 unspecified atom stereocenters. The normalized spacial score (nSPS) is 12.5. The van der Waals surface area contributed by atoms with Gasteiger partial charge in [0.25, 0.3) is 0 Å². The number of aliphatic hydroxyl groups excluding tert-OH is 2. The number of nitrogens with zero attached hydrogens (tertiary/aromatic N) is 1. The van der Waals surface area contributed by atoms with E-state index in [0.717, 1.165) is 22.2 Å². The van der Waals surface area contributed by atoms with Crippen molar-refractivity contribution in [2.75, 3.05) is 0 Å². The van der Waals surface area contributed by atoms with Crippen LogP contribution in [-0.4, -0.2) is 27.4 Å². The van der Waals surface area contributed by atoms with Crippen molar-refractivity contribution in [1.82, 2.24) is 4.98 Å². The number of hydrogen-bond donors (Lipinski definition) is 2. The number of aromatic nitrogens is 1. The molecule has 1 heterocycles. The molecule has 1 aromatic heterocycles. The van der Waals surface area contributed by atoms with E-state index in [0.29, 0.717) is 11.9 Å². The van der Waals surface area contributed by atoms with Crippen molar-refractivity contribution < 1.29 is 34.7 Å².